The molecule has 0 atom stereocenters. The molecule has 0 radical (unpaired) electrons. The van der Waals surface area contributed by atoms with Gasteiger partial charge in [-0.15, -0.1) is 0 Å². The summed E-state index contributed by atoms with van der Waals surface area (Å²) in [6.07, 6.45) is 0. The number of nitro benzene ring substituents is 1. The molecule has 3 rings (SSSR count). The fraction of sp³-hybridized carbons (Fsp3) is 0.0588. The van der Waals surface area contributed by atoms with Gasteiger partial charge in [-0.3, -0.25) is 10.1 Å². The minimum Gasteiger partial charge on any atom is -0.459 e. The molecule has 0 bridgehead atoms. The van der Waals surface area contributed by atoms with E-state index < -0.39 is 10.7 Å². The normalized spacial score (nSPS) is 10.6. The van der Waals surface area contributed by atoms with Crippen molar-refractivity contribution in [3.8, 4) is 11.3 Å². The molecular weight excluding hydrogens is 335 g/mol. The Hall–Kier alpha value is -2.86. The van der Waals surface area contributed by atoms with Gasteiger partial charge in [0.25, 0.3) is 5.69 Å². The van der Waals surface area contributed by atoms with E-state index >= 15 is 0 Å². The minimum atomic E-state index is -0.487. The lowest BCUT2D eigenvalue weighted by molar-refractivity contribution is -0.384. The first-order chi connectivity index (χ1) is 11.5. The predicted molar refractivity (Wildman–Crippen MR) is 89.5 cm³/mol. The Balaban J connectivity index is 1.76. The zero-order chi connectivity index (χ0) is 17.1. The number of nitrogens with one attached hydrogen (secondary N) is 1. The number of rotatable bonds is 5. The Kier molecular flexibility index (Phi) is 4.48. The van der Waals surface area contributed by atoms with E-state index in [0.29, 0.717) is 29.3 Å². The third kappa shape index (κ3) is 3.38. The monoisotopic (exact) mass is 346 g/mol. The summed E-state index contributed by atoms with van der Waals surface area (Å²) < 4.78 is 18.8. The van der Waals surface area contributed by atoms with Crippen LogP contribution in [0.5, 0.6) is 0 Å². The van der Waals surface area contributed by atoms with Gasteiger partial charge in [-0.05, 0) is 36.4 Å². The molecule has 122 valence electrons. The van der Waals surface area contributed by atoms with Crippen LogP contribution in [0.3, 0.4) is 0 Å². The number of benzene rings is 2. The smallest absolute Gasteiger partial charge is 0.280 e. The Morgan fingerprint density at radius 1 is 1.17 bits per heavy atom. The Morgan fingerprint density at radius 2 is 1.96 bits per heavy atom. The van der Waals surface area contributed by atoms with Crippen LogP contribution in [0.1, 0.15) is 5.76 Å². The van der Waals surface area contributed by atoms with Crippen molar-refractivity contribution < 1.29 is 13.7 Å². The Bertz CT molecular complexity index is 895. The van der Waals surface area contributed by atoms with Crippen LogP contribution in [0.2, 0.25) is 5.02 Å². The third-order valence-corrected chi connectivity index (χ3v) is 3.70. The van der Waals surface area contributed by atoms with Gasteiger partial charge < -0.3 is 9.73 Å². The maximum Gasteiger partial charge on any atom is 0.280 e. The molecule has 0 amide bonds. The average molecular weight is 347 g/mol. The van der Waals surface area contributed by atoms with Crippen molar-refractivity contribution in [3.63, 3.8) is 0 Å². The standard InChI is InChI=1S/C17H12ClFN2O3/c18-14-9-11(5-7-15(14)19)20-10-12-6-8-17(24-12)13-3-1-2-4-16(13)21(22)23/h1-9,20H,10H2. The first-order valence-corrected chi connectivity index (χ1v) is 7.44. The summed E-state index contributed by atoms with van der Waals surface area (Å²) in [7, 11) is 0. The summed E-state index contributed by atoms with van der Waals surface area (Å²) in [5.74, 6) is 0.513. The molecule has 1 aromatic heterocycles. The van der Waals surface area contributed by atoms with Crippen molar-refractivity contribution in [2.45, 2.75) is 6.54 Å². The number of nitrogens with zero attached hydrogens (tertiary/aromatic N) is 1. The molecule has 0 unspecified atom stereocenters. The molecule has 24 heavy (non-hydrogen) atoms. The van der Waals surface area contributed by atoms with Gasteiger partial charge in [0.05, 0.1) is 22.1 Å². The van der Waals surface area contributed by atoms with Crippen LogP contribution in [0.4, 0.5) is 15.8 Å². The van der Waals surface area contributed by atoms with Crippen LogP contribution in [-0.4, -0.2) is 4.92 Å². The molecule has 1 heterocycles. The second-order valence-electron chi connectivity index (χ2n) is 5.02. The molecule has 1 N–H and O–H groups in total. The fourth-order valence-electron chi connectivity index (χ4n) is 2.25. The van der Waals surface area contributed by atoms with Gasteiger partial charge in [-0.1, -0.05) is 23.7 Å². The summed E-state index contributed by atoms with van der Waals surface area (Å²) in [6.45, 7) is 0.336. The van der Waals surface area contributed by atoms with Gasteiger partial charge in [0.15, 0.2) is 0 Å². The second-order valence-corrected chi connectivity index (χ2v) is 5.43. The van der Waals surface area contributed by atoms with Crippen LogP contribution in [0, 0.1) is 15.9 Å². The molecule has 3 aromatic rings. The van der Waals surface area contributed by atoms with Crippen LogP contribution in [-0.2, 0) is 6.54 Å². The summed E-state index contributed by atoms with van der Waals surface area (Å²) in [5.41, 5.74) is 1.04. The van der Waals surface area contributed by atoms with Crippen molar-refractivity contribution in [2.75, 3.05) is 5.32 Å². The van der Waals surface area contributed by atoms with E-state index in [1.807, 2.05) is 0 Å². The summed E-state index contributed by atoms with van der Waals surface area (Å²) >= 11 is 5.72. The van der Waals surface area contributed by atoms with E-state index in [4.69, 9.17) is 16.0 Å². The van der Waals surface area contributed by atoms with Crippen LogP contribution >= 0.6 is 11.6 Å². The zero-order valence-corrected chi connectivity index (χ0v) is 13.1. The highest BCUT2D eigenvalue weighted by Crippen LogP contribution is 2.31. The highest BCUT2D eigenvalue weighted by atomic mass is 35.5. The number of anilines is 1. The summed E-state index contributed by atoms with van der Waals surface area (Å²) in [5, 5.41) is 14.2. The number of hydrogen-bond acceptors (Lipinski definition) is 4. The molecule has 5 nitrogen and oxygen atoms in total. The third-order valence-electron chi connectivity index (χ3n) is 3.41. The number of nitro groups is 1. The summed E-state index contributed by atoms with van der Waals surface area (Å²) in [6, 6.07) is 14.1. The number of para-hydroxylation sites is 1. The molecule has 0 saturated carbocycles. The van der Waals surface area contributed by atoms with Crippen molar-refractivity contribution in [2.24, 2.45) is 0 Å². The van der Waals surface area contributed by atoms with Crippen molar-refractivity contribution >= 4 is 23.0 Å². The Labute approximate surface area is 141 Å². The zero-order valence-electron chi connectivity index (χ0n) is 12.3. The molecule has 2 aromatic carbocycles. The summed E-state index contributed by atoms with van der Waals surface area (Å²) in [4.78, 5) is 10.6. The van der Waals surface area contributed by atoms with Crippen molar-refractivity contribution in [1.29, 1.82) is 0 Å². The highest BCUT2D eigenvalue weighted by Gasteiger charge is 2.17. The molecule has 0 saturated heterocycles. The number of furan rings is 1. The second kappa shape index (κ2) is 6.72. The quantitative estimate of drug-likeness (QED) is 0.505. The van der Waals surface area contributed by atoms with Gasteiger partial charge >= 0.3 is 0 Å². The largest absolute Gasteiger partial charge is 0.459 e. The van der Waals surface area contributed by atoms with Gasteiger partial charge in [0.1, 0.15) is 17.3 Å². The SMILES string of the molecule is O=[N+]([O-])c1ccccc1-c1ccc(CNc2ccc(F)c(Cl)c2)o1. The maximum atomic E-state index is 13.1. The van der Waals surface area contributed by atoms with Crippen molar-refractivity contribution in [3.05, 3.63) is 81.3 Å². The maximum absolute atomic E-state index is 13.1. The minimum absolute atomic E-state index is 0.0170. The van der Waals surface area contributed by atoms with Gasteiger partial charge in [0.2, 0.25) is 0 Å². The first-order valence-electron chi connectivity index (χ1n) is 7.06. The molecule has 0 fully saturated rings. The number of hydrogen-bond donors (Lipinski definition) is 1. The highest BCUT2D eigenvalue weighted by molar-refractivity contribution is 6.31. The van der Waals surface area contributed by atoms with Gasteiger partial charge in [-0.25, -0.2) is 4.39 Å². The van der Waals surface area contributed by atoms with E-state index in [9.17, 15) is 14.5 Å². The molecule has 0 aliphatic heterocycles. The average Bonchev–Trinajstić information content (AvgIpc) is 3.05. The lowest BCUT2D eigenvalue weighted by Crippen LogP contribution is -1.98. The van der Waals surface area contributed by atoms with Crippen LogP contribution < -0.4 is 5.32 Å². The topological polar surface area (TPSA) is 68.3 Å². The van der Waals surface area contributed by atoms with E-state index in [1.54, 1.807) is 36.4 Å². The first kappa shape index (κ1) is 16.0. The number of halogens is 2. The molecular formula is C17H12ClFN2O3. The van der Waals surface area contributed by atoms with E-state index in [1.165, 1.54) is 18.2 Å². The van der Waals surface area contributed by atoms with Gasteiger partial charge in [0, 0.05) is 11.8 Å². The van der Waals surface area contributed by atoms with Crippen LogP contribution in [0.25, 0.3) is 11.3 Å². The Morgan fingerprint density at radius 3 is 2.71 bits per heavy atom. The molecule has 7 heteroatoms. The lowest BCUT2D eigenvalue weighted by Gasteiger charge is -2.05. The molecule has 0 spiro atoms. The van der Waals surface area contributed by atoms with Gasteiger partial charge in [-0.2, -0.15) is 0 Å². The fourth-order valence-corrected chi connectivity index (χ4v) is 2.43. The predicted octanol–water partition coefficient (Wildman–Crippen LogP) is 5.26. The lowest BCUT2D eigenvalue weighted by atomic mass is 10.1. The van der Waals surface area contributed by atoms with Crippen molar-refractivity contribution in [1.82, 2.24) is 0 Å². The molecule has 0 aliphatic rings. The van der Waals surface area contributed by atoms with E-state index in [-0.39, 0.29) is 10.7 Å². The van der Waals surface area contributed by atoms with Crippen LogP contribution in [0.15, 0.2) is 59.0 Å². The van der Waals surface area contributed by atoms with E-state index in [0.717, 1.165) is 0 Å². The molecule has 0 aliphatic carbocycles. The van der Waals surface area contributed by atoms with E-state index in [2.05, 4.69) is 5.32 Å².